The second-order valence-corrected chi connectivity index (χ2v) is 10.2. The van der Waals surface area contributed by atoms with E-state index in [1.165, 1.54) is 5.56 Å². The molecule has 2 unspecified atom stereocenters. The maximum absolute atomic E-state index is 13.5. The maximum Gasteiger partial charge on any atom is 0.227 e. The molecule has 0 aromatic heterocycles. The maximum atomic E-state index is 13.5. The van der Waals surface area contributed by atoms with Crippen molar-refractivity contribution in [2.45, 2.75) is 70.8 Å². The number of hydrogen-bond donors (Lipinski definition) is 1. The van der Waals surface area contributed by atoms with Crippen molar-refractivity contribution >= 4 is 23.2 Å². The van der Waals surface area contributed by atoms with Crippen LogP contribution in [0, 0.1) is 5.92 Å². The molecule has 1 aliphatic rings. The van der Waals surface area contributed by atoms with Crippen LogP contribution in [0.3, 0.4) is 0 Å². The van der Waals surface area contributed by atoms with Crippen LogP contribution in [0.4, 0.5) is 11.4 Å². The van der Waals surface area contributed by atoms with Crippen LogP contribution >= 0.6 is 0 Å². The summed E-state index contributed by atoms with van der Waals surface area (Å²) in [6, 6.07) is 28.4. The number of anilines is 2. The Morgan fingerprint density at radius 3 is 2.11 bits per heavy atom. The molecule has 0 bridgehead atoms. The van der Waals surface area contributed by atoms with Crippen LogP contribution in [0.15, 0.2) is 84.9 Å². The largest absolute Gasteiger partial charge is 0.326 e. The van der Waals surface area contributed by atoms with E-state index in [0.29, 0.717) is 12.3 Å². The predicted octanol–water partition coefficient (Wildman–Crippen LogP) is 7.88. The van der Waals surface area contributed by atoms with Gasteiger partial charge in [-0.3, -0.25) is 9.59 Å². The monoisotopic (exact) mass is 482 g/mol. The van der Waals surface area contributed by atoms with E-state index in [4.69, 9.17) is 0 Å². The lowest BCUT2D eigenvalue weighted by Gasteiger charge is -2.33. The minimum Gasteiger partial charge on any atom is -0.326 e. The molecule has 3 aromatic carbocycles. The van der Waals surface area contributed by atoms with Crippen LogP contribution in [-0.2, 0) is 9.59 Å². The van der Waals surface area contributed by atoms with Gasteiger partial charge in [0.05, 0.1) is 6.04 Å². The predicted molar refractivity (Wildman–Crippen MR) is 148 cm³/mol. The molecule has 0 radical (unpaired) electrons. The van der Waals surface area contributed by atoms with E-state index in [9.17, 15) is 9.59 Å². The minimum absolute atomic E-state index is 0.0495. The Morgan fingerprint density at radius 1 is 0.806 bits per heavy atom. The molecule has 1 heterocycles. The minimum atomic E-state index is -0.0513. The van der Waals surface area contributed by atoms with Crippen molar-refractivity contribution in [3.8, 4) is 0 Å². The average Bonchev–Trinajstić information content (AvgIpc) is 2.94. The van der Waals surface area contributed by atoms with Crippen molar-refractivity contribution in [2.75, 3.05) is 10.2 Å². The van der Waals surface area contributed by atoms with Gasteiger partial charge in [0.25, 0.3) is 0 Å². The van der Waals surface area contributed by atoms with Crippen LogP contribution < -0.4 is 10.2 Å². The third-order valence-corrected chi connectivity index (χ3v) is 7.24. The summed E-state index contributed by atoms with van der Waals surface area (Å²) < 4.78 is 0. The normalized spacial score (nSPS) is 19.5. The second kappa shape index (κ2) is 12.5. The van der Waals surface area contributed by atoms with Crippen LogP contribution in [0.2, 0.25) is 0 Å². The number of nitrogens with zero attached hydrogens (tertiary/aromatic N) is 1. The van der Waals surface area contributed by atoms with Crippen LogP contribution in [0.25, 0.3) is 0 Å². The van der Waals surface area contributed by atoms with Gasteiger partial charge in [-0.15, -0.1) is 0 Å². The molecule has 36 heavy (non-hydrogen) atoms. The molecule has 0 aliphatic carbocycles. The highest BCUT2D eigenvalue weighted by Crippen LogP contribution is 2.34. The van der Waals surface area contributed by atoms with Gasteiger partial charge in [-0.25, -0.2) is 0 Å². The highest BCUT2D eigenvalue weighted by Gasteiger charge is 2.28. The van der Waals surface area contributed by atoms with Gasteiger partial charge in [-0.1, -0.05) is 87.4 Å². The SMILES string of the molecule is CC(C)c1ccc(NC(=O)C2CCCCC(=O)N(c3ccccc3)C(c3ccccc3)CCC2)cc1. The molecular weight excluding hydrogens is 444 g/mol. The van der Waals surface area contributed by atoms with Crippen molar-refractivity contribution in [3.05, 3.63) is 96.1 Å². The van der Waals surface area contributed by atoms with Crippen molar-refractivity contribution in [1.29, 1.82) is 0 Å². The fourth-order valence-electron chi connectivity index (χ4n) is 5.15. The standard InChI is InChI=1S/C32H38N2O2/c1-24(2)25-20-22-28(23-21-25)33-32(36)27-14-9-10-19-31(35)34(29-16-7-4-8-17-29)30(18-11-15-27)26-12-5-3-6-13-26/h3-8,12-13,16-17,20-24,27,30H,9-11,14-15,18-19H2,1-2H3,(H,33,36). The first-order valence-corrected chi connectivity index (χ1v) is 13.4. The topological polar surface area (TPSA) is 49.4 Å². The molecular formula is C32H38N2O2. The molecule has 4 nitrogen and oxygen atoms in total. The molecule has 4 rings (SSSR count). The van der Waals surface area contributed by atoms with Crippen molar-refractivity contribution < 1.29 is 9.59 Å². The first-order chi connectivity index (χ1) is 17.5. The van der Waals surface area contributed by atoms with Crippen molar-refractivity contribution in [1.82, 2.24) is 0 Å². The van der Waals surface area contributed by atoms with Gasteiger partial charge in [0.2, 0.25) is 11.8 Å². The fourth-order valence-corrected chi connectivity index (χ4v) is 5.15. The summed E-state index contributed by atoms with van der Waals surface area (Å²) >= 11 is 0. The Morgan fingerprint density at radius 2 is 1.44 bits per heavy atom. The third-order valence-electron chi connectivity index (χ3n) is 7.24. The summed E-state index contributed by atoms with van der Waals surface area (Å²) in [5, 5.41) is 3.15. The number of nitrogens with one attached hydrogen (secondary N) is 1. The summed E-state index contributed by atoms with van der Waals surface area (Å²) in [7, 11) is 0. The van der Waals surface area contributed by atoms with Gasteiger partial charge in [-0.05, 0) is 67.0 Å². The Balaban J connectivity index is 1.52. The quantitative estimate of drug-likeness (QED) is 0.402. The summed E-state index contributed by atoms with van der Waals surface area (Å²) in [6.07, 6.45) is 5.47. The molecule has 1 fully saturated rings. The van der Waals surface area contributed by atoms with Gasteiger partial charge in [0, 0.05) is 23.7 Å². The average molecular weight is 483 g/mol. The van der Waals surface area contributed by atoms with Crippen LogP contribution in [-0.4, -0.2) is 11.8 Å². The Kier molecular flexibility index (Phi) is 8.94. The lowest BCUT2D eigenvalue weighted by atomic mass is 9.92. The molecule has 1 N–H and O–H groups in total. The van der Waals surface area contributed by atoms with E-state index >= 15 is 0 Å². The molecule has 0 spiro atoms. The Labute approximate surface area is 215 Å². The van der Waals surface area contributed by atoms with Gasteiger partial charge >= 0.3 is 0 Å². The van der Waals surface area contributed by atoms with Crippen LogP contribution in [0.1, 0.15) is 81.9 Å². The smallest absolute Gasteiger partial charge is 0.227 e. The number of hydrogen-bond acceptors (Lipinski definition) is 2. The van der Waals surface area contributed by atoms with Crippen molar-refractivity contribution in [2.24, 2.45) is 5.92 Å². The molecule has 1 aliphatic heterocycles. The Bertz CT molecular complexity index is 1110. The fraction of sp³-hybridized carbons (Fsp3) is 0.375. The number of benzene rings is 3. The Hall–Kier alpha value is -3.40. The van der Waals surface area contributed by atoms with E-state index in [0.717, 1.165) is 55.5 Å². The van der Waals surface area contributed by atoms with Crippen molar-refractivity contribution in [3.63, 3.8) is 0 Å². The summed E-state index contributed by atoms with van der Waals surface area (Å²) in [5.41, 5.74) is 4.20. The lowest BCUT2D eigenvalue weighted by Crippen LogP contribution is -2.35. The van der Waals surface area contributed by atoms with E-state index in [1.54, 1.807) is 0 Å². The lowest BCUT2D eigenvalue weighted by molar-refractivity contribution is -0.120. The molecule has 1 saturated heterocycles. The number of carbonyl (C=O) groups is 2. The summed E-state index contributed by atoms with van der Waals surface area (Å²) in [6.45, 7) is 4.34. The van der Waals surface area contributed by atoms with Crippen LogP contribution in [0.5, 0.6) is 0 Å². The van der Waals surface area contributed by atoms with E-state index < -0.39 is 0 Å². The molecule has 2 amide bonds. The molecule has 4 heteroatoms. The molecule has 3 aromatic rings. The highest BCUT2D eigenvalue weighted by atomic mass is 16.2. The van der Waals surface area contributed by atoms with Gasteiger partial charge < -0.3 is 10.2 Å². The zero-order valence-electron chi connectivity index (χ0n) is 21.5. The van der Waals surface area contributed by atoms with Gasteiger partial charge in [0.1, 0.15) is 0 Å². The first kappa shape index (κ1) is 25.7. The molecule has 0 saturated carbocycles. The number of para-hydroxylation sites is 1. The number of amides is 2. The second-order valence-electron chi connectivity index (χ2n) is 10.2. The number of rotatable bonds is 5. The molecule has 188 valence electrons. The zero-order valence-corrected chi connectivity index (χ0v) is 21.5. The van der Waals surface area contributed by atoms with Gasteiger partial charge in [0.15, 0.2) is 0 Å². The van der Waals surface area contributed by atoms with E-state index in [-0.39, 0.29) is 23.8 Å². The zero-order chi connectivity index (χ0) is 25.3. The summed E-state index contributed by atoms with van der Waals surface area (Å²) in [5.74, 6) is 0.662. The third kappa shape index (κ3) is 6.63. The first-order valence-electron chi connectivity index (χ1n) is 13.4. The summed E-state index contributed by atoms with van der Waals surface area (Å²) in [4.78, 5) is 28.7. The number of carbonyl (C=O) groups excluding carboxylic acids is 2. The van der Waals surface area contributed by atoms with E-state index in [2.05, 4.69) is 43.4 Å². The molecule has 2 atom stereocenters. The van der Waals surface area contributed by atoms with Gasteiger partial charge in [-0.2, -0.15) is 0 Å². The highest BCUT2D eigenvalue weighted by molar-refractivity contribution is 5.94. The van der Waals surface area contributed by atoms with E-state index in [1.807, 2.05) is 65.6 Å².